The van der Waals surface area contributed by atoms with E-state index in [4.69, 9.17) is 0 Å². The van der Waals surface area contributed by atoms with Gasteiger partial charge in [0.2, 0.25) is 0 Å². The number of hydrogen-bond donors (Lipinski definition) is 2. The Morgan fingerprint density at radius 1 is 1.00 bits per heavy atom. The van der Waals surface area contributed by atoms with Crippen LogP contribution in [0.25, 0.3) is 11.3 Å². The minimum atomic E-state index is -0.246. The molecule has 2 N–H and O–H groups in total. The summed E-state index contributed by atoms with van der Waals surface area (Å²) in [7, 11) is 0. The van der Waals surface area contributed by atoms with Crippen LogP contribution in [0.4, 0.5) is 0 Å². The highest BCUT2D eigenvalue weighted by atomic mass is 16.2. The molecule has 0 bridgehead atoms. The zero-order valence-electron chi connectivity index (χ0n) is 12.2. The van der Waals surface area contributed by atoms with Gasteiger partial charge in [-0.1, -0.05) is 60.7 Å². The lowest BCUT2D eigenvalue weighted by molar-refractivity contribution is 0.0935. The smallest absolute Gasteiger partial charge is 0.274 e. The Kier molecular flexibility index (Phi) is 3.96. The van der Waals surface area contributed by atoms with Gasteiger partial charge in [0, 0.05) is 5.56 Å². The molecule has 3 aromatic rings. The van der Waals surface area contributed by atoms with Crippen molar-refractivity contribution in [1.82, 2.24) is 20.7 Å². The summed E-state index contributed by atoms with van der Waals surface area (Å²) in [5.41, 5.74) is 2.75. The van der Waals surface area contributed by atoms with Crippen molar-refractivity contribution in [3.63, 3.8) is 0 Å². The molecule has 1 atom stereocenters. The first-order valence-corrected chi connectivity index (χ1v) is 7.07. The minimum absolute atomic E-state index is 0.103. The monoisotopic (exact) mass is 292 g/mol. The second kappa shape index (κ2) is 6.22. The molecule has 0 aliphatic heterocycles. The molecule has 0 saturated heterocycles. The Labute approximate surface area is 128 Å². The summed E-state index contributed by atoms with van der Waals surface area (Å²) in [4.78, 5) is 12.5. The molecular weight excluding hydrogens is 276 g/mol. The zero-order chi connectivity index (χ0) is 15.4. The highest BCUT2D eigenvalue weighted by Crippen LogP contribution is 2.20. The first kappa shape index (κ1) is 14.0. The fourth-order valence-electron chi connectivity index (χ4n) is 2.28. The SMILES string of the molecule is C[C@@H](NC(=O)c1n[nH]nc1-c1ccccc1)c1ccccc1. The minimum Gasteiger partial charge on any atom is -0.344 e. The number of rotatable bonds is 4. The maximum absolute atomic E-state index is 12.5. The van der Waals surface area contributed by atoms with E-state index in [2.05, 4.69) is 20.7 Å². The summed E-state index contributed by atoms with van der Waals surface area (Å²) >= 11 is 0. The van der Waals surface area contributed by atoms with Crippen molar-refractivity contribution in [2.75, 3.05) is 0 Å². The second-order valence-electron chi connectivity index (χ2n) is 4.99. The van der Waals surface area contributed by atoms with Crippen LogP contribution in [0.2, 0.25) is 0 Å². The predicted molar refractivity (Wildman–Crippen MR) is 84.1 cm³/mol. The van der Waals surface area contributed by atoms with E-state index in [-0.39, 0.29) is 11.9 Å². The van der Waals surface area contributed by atoms with Crippen LogP contribution in [-0.4, -0.2) is 21.3 Å². The fourth-order valence-corrected chi connectivity index (χ4v) is 2.28. The van der Waals surface area contributed by atoms with Gasteiger partial charge in [-0.15, -0.1) is 0 Å². The number of carbonyl (C=O) groups is 1. The maximum Gasteiger partial charge on any atom is 0.274 e. The van der Waals surface area contributed by atoms with E-state index in [1.807, 2.05) is 67.6 Å². The van der Waals surface area contributed by atoms with Crippen molar-refractivity contribution in [2.24, 2.45) is 0 Å². The first-order chi connectivity index (χ1) is 10.8. The topological polar surface area (TPSA) is 70.7 Å². The molecule has 5 heteroatoms. The quantitative estimate of drug-likeness (QED) is 0.776. The Morgan fingerprint density at radius 3 is 2.32 bits per heavy atom. The Balaban J connectivity index is 1.81. The lowest BCUT2D eigenvalue weighted by Crippen LogP contribution is -2.27. The molecule has 5 nitrogen and oxygen atoms in total. The Hall–Kier alpha value is -2.95. The third-order valence-corrected chi connectivity index (χ3v) is 3.46. The molecule has 0 fully saturated rings. The van der Waals surface area contributed by atoms with Gasteiger partial charge < -0.3 is 5.32 Å². The summed E-state index contributed by atoms with van der Waals surface area (Å²) in [6.07, 6.45) is 0. The summed E-state index contributed by atoms with van der Waals surface area (Å²) in [5.74, 6) is -0.246. The summed E-state index contributed by atoms with van der Waals surface area (Å²) in [5, 5.41) is 13.6. The van der Waals surface area contributed by atoms with Crippen molar-refractivity contribution in [3.8, 4) is 11.3 Å². The van der Waals surface area contributed by atoms with Gasteiger partial charge in [0.25, 0.3) is 5.91 Å². The summed E-state index contributed by atoms with van der Waals surface area (Å²) in [6, 6.07) is 19.2. The standard InChI is InChI=1S/C17H16N4O/c1-12(13-8-4-2-5-9-13)18-17(22)16-15(19-21-20-16)14-10-6-3-7-11-14/h2-12H,1H3,(H,18,22)(H,19,20,21)/t12-/m1/s1. The van der Waals surface area contributed by atoms with Crippen LogP contribution in [-0.2, 0) is 0 Å². The number of nitrogens with one attached hydrogen (secondary N) is 2. The van der Waals surface area contributed by atoms with E-state index in [0.29, 0.717) is 11.4 Å². The molecule has 0 aliphatic carbocycles. The van der Waals surface area contributed by atoms with Gasteiger partial charge >= 0.3 is 0 Å². The van der Waals surface area contributed by atoms with Crippen molar-refractivity contribution < 1.29 is 4.79 Å². The highest BCUT2D eigenvalue weighted by molar-refractivity contribution is 5.98. The van der Waals surface area contributed by atoms with E-state index in [9.17, 15) is 4.79 Å². The van der Waals surface area contributed by atoms with Gasteiger partial charge in [-0.05, 0) is 12.5 Å². The molecule has 1 aromatic heterocycles. The molecule has 1 heterocycles. The molecule has 0 saturated carbocycles. The van der Waals surface area contributed by atoms with Crippen LogP contribution in [0.1, 0.15) is 29.0 Å². The van der Waals surface area contributed by atoms with Crippen LogP contribution in [0.3, 0.4) is 0 Å². The first-order valence-electron chi connectivity index (χ1n) is 7.07. The van der Waals surface area contributed by atoms with Gasteiger partial charge in [-0.3, -0.25) is 4.79 Å². The van der Waals surface area contributed by atoms with Gasteiger partial charge in [0.1, 0.15) is 5.69 Å². The van der Waals surface area contributed by atoms with Gasteiger partial charge in [0.05, 0.1) is 6.04 Å². The molecule has 0 spiro atoms. The van der Waals surface area contributed by atoms with Gasteiger partial charge in [-0.25, -0.2) is 0 Å². The third-order valence-electron chi connectivity index (χ3n) is 3.46. The van der Waals surface area contributed by atoms with Crippen LogP contribution in [0, 0.1) is 0 Å². The Bertz CT molecular complexity index is 753. The molecular formula is C17H16N4O. The third kappa shape index (κ3) is 2.88. The van der Waals surface area contributed by atoms with Crippen molar-refractivity contribution in [3.05, 3.63) is 71.9 Å². The average molecular weight is 292 g/mol. The predicted octanol–water partition coefficient (Wildman–Crippen LogP) is 2.96. The lowest BCUT2D eigenvalue weighted by Gasteiger charge is -2.13. The van der Waals surface area contributed by atoms with Crippen LogP contribution in [0.5, 0.6) is 0 Å². The highest BCUT2D eigenvalue weighted by Gasteiger charge is 2.19. The number of hydrogen-bond acceptors (Lipinski definition) is 3. The molecule has 22 heavy (non-hydrogen) atoms. The zero-order valence-corrected chi connectivity index (χ0v) is 12.2. The molecule has 0 unspecified atom stereocenters. The molecule has 3 rings (SSSR count). The largest absolute Gasteiger partial charge is 0.344 e. The number of aromatic nitrogens is 3. The molecule has 2 aromatic carbocycles. The fraction of sp³-hybridized carbons (Fsp3) is 0.118. The van der Waals surface area contributed by atoms with Crippen LogP contribution >= 0.6 is 0 Å². The van der Waals surface area contributed by atoms with Crippen LogP contribution < -0.4 is 5.32 Å². The number of benzene rings is 2. The second-order valence-corrected chi connectivity index (χ2v) is 4.99. The normalized spacial score (nSPS) is 11.9. The van der Waals surface area contributed by atoms with E-state index < -0.39 is 0 Å². The molecule has 0 aliphatic rings. The number of H-pyrrole nitrogens is 1. The van der Waals surface area contributed by atoms with E-state index >= 15 is 0 Å². The lowest BCUT2D eigenvalue weighted by atomic mass is 10.1. The van der Waals surface area contributed by atoms with E-state index in [0.717, 1.165) is 11.1 Å². The van der Waals surface area contributed by atoms with Crippen molar-refractivity contribution in [1.29, 1.82) is 0 Å². The Morgan fingerprint density at radius 2 is 1.64 bits per heavy atom. The maximum atomic E-state index is 12.5. The number of nitrogens with zero attached hydrogens (tertiary/aromatic N) is 2. The van der Waals surface area contributed by atoms with E-state index in [1.54, 1.807) is 0 Å². The van der Waals surface area contributed by atoms with Crippen molar-refractivity contribution in [2.45, 2.75) is 13.0 Å². The van der Waals surface area contributed by atoms with Gasteiger partial charge in [0.15, 0.2) is 5.69 Å². The van der Waals surface area contributed by atoms with Gasteiger partial charge in [-0.2, -0.15) is 15.4 Å². The molecule has 0 radical (unpaired) electrons. The molecule has 1 amide bonds. The summed E-state index contributed by atoms with van der Waals surface area (Å²) in [6.45, 7) is 1.94. The number of aromatic amines is 1. The molecule has 110 valence electrons. The average Bonchev–Trinajstić information content (AvgIpc) is 3.06. The number of amides is 1. The van der Waals surface area contributed by atoms with Crippen molar-refractivity contribution >= 4 is 5.91 Å². The number of carbonyl (C=O) groups excluding carboxylic acids is 1. The summed E-state index contributed by atoms with van der Waals surface area (Å²) < 4.78 is 0. The van der Waals surface area contributed by atoms with Crippen LogP contribution in [0.15, 0.2) is 60.7 Å². The van der Waals surface area contributed by atoms with E-state index in [1.165, 1.54) is 0 Å².